The van der Waals surface area contributed by atoms with Crippen molar-refractivity contribution in [3.8, 4) is 33.6 Å². The highest BCUT2D eigenvalue weighted by molar-refractivity contribution is 6.11. The first-order valence-corrected chi connectivity index (χ1v) is 17.8. The summed E-state index contributed by atoms with van der Waals surface area (Å²) in [5, 5.41) is 5.07. The zero-order chi connectivity index (χ0) is 34.4. The molecular weight excluding hydrogens is 629 g/mol. The summed E-state index contributed by atoms with van der Waals surface area (Å²) in [6, 6.07) is 70.0. The van der Waals surface area contributed by atoms with E-state index in [1.807, 2.05) is 0 Å². The molecule has 0 aliphatic carbocycles. The monoisotopic (exact) mass is 662 g/mol. The minimum absolute atomic E-state index is 1.18. The van der Waals surface area contributed by atoms with Gasteiger partial charge in [0.2, 0.25) is 0 Å². The predicted octanol–water partition coefficient (Wildman–Crippen LogP) is 13.4. The van der Waals surface area contributed by atoms with Crippen molar-refractivity contribution in [3.05, 3.63) is 205 Å². The molecule has 8 aromatic carbocycles. The summed E-state index contributed by atoms with van der Waals surface area (Å²) in [7, 11) is 0. The lowest BCUT2D eigenvalue weighted by atomic mass is 10.00. The summed E-state index contributed by atoms with van der Waals surface area (Å²) in [5.74, 6) is 0. The Morgan fingerprint density at radius 3 is 1.04 bits per heavy atom. The van der Waals surface area contributed by atoms with Gasteiger partial charge in [0.05, 0.1) is 22.1 Å². The fraction of sp³-hybridized carbons (Fsp3) is 0. The van der Waals surface area contributed by atoms with E-state index in [0.29, 0.717) is 0 Å². The maximum atomic E-state index is 2.36. The molecule has 0 N–H and O–H groups in total. The lowest BCUT2D eigenvalue weighted by Crippen LogP contribution is -1.92. The van der Waals surface area contributed by atoms with Crippen LogP contribution in [-0.4, -0.2) is 9.13 Å². The van der Waals surface area contributed by atoms with Gasteiger partial charge in [-0.2, -0.15) is 0 Å². The molecule has 0 amide bonds. The lowest BCUT2D eigenvalue weighted by Gasteiger charge is -2.08. The molecule has 0 saturated heterocycles. The smallest absolute Gasteiger partial charge is 0.0541 e. The van der Waals surface area contributed by atoms with Crippen molar-refractivity contribution in [2.24, 2.45) is 0 Å². The second-order valence-electron chi connectivity index (χ2n) is 13.4. The molecule has 2 nitrogen and oxygen atoms in total. The topological polar surface area (TPSA) is 9.86 Å². The minimum Gasteiger partial charge on any atom is -0.309 e. The number of fused-ring (bicyclic) bond motifs is 6. The van der Waals surface area contributed by atoms with Crippen LogP contribution in [-0.2, 0) is 0 Å². The summed E-state index contributed by atoms with van der Waals surface area (Å²) in [6.07, 6.45) is 4.39. The van der Waals surface area contributed by atoms with Gasteiger partial charge in [-0.15, -0.1) is 0 Å². The maximum absolute atomic E-state index is 2.36. The van der Waals surface area contributed by atoms with Gasteiger partial charge in [-0.1, -0.05) is 146 Å². The van der Waals surface area contributed by atoms with E-state index in [0.717, 1.165) is 0 Å². The predicted molar refractivity (Wildman–Crippen MR) is 221 cm³/mol. The van der Waals surface area contributed by atoms with Gasteiger partial charge in [-0.05, 0) is 94.0 Å². The molecule has 10 aromatic rings. The van der Waals surface area contributed by atoms with E-state index < -0.39 is 0 Å². The molecule has 10 rings (SSSR count). The van der Waals surface area contributed by atoms with Gasteiger partial charge in [-0.3, -0.25) is 0 Å². The zero-order valence-electron chi connectivity index (χ0n) is 28.5. The lowest BCUT2D eigenvalue weighted by molar-refractivity contribution is 1.18. The molecule has 0 bridgehead atoms. The molecule has 52 heavy (non-hydrogen) atoms. The first kappa shape index (κ1) is 30.0. The molecule has 0 fully saturated rings. The van der Waals surface area contributed by atoms with Gasteiger partial charge in [-0.25, -0.2) is 0 Å². The summed E-state index contributed by atoms with van der Waals surface area (Å²) < 4.78 is 4.72. The third kappa shape index (κ3) is 5.12. The SMILES string of the molecule is C(=Cc1ccc(-c2ccc3c(c2)c2ccccc2n3-c2ccccc2)cc1)c1ccc(-c2ccc3c(c2)c2ccccc2n3-c2ccccc2)cc1. The Morgan fingerprint density at radius 2 is 0.615 bits per heavy atom. The molecule has 0 saturated carbocycles. The number of hydrogen-bond acceptors (Lipinski definition) is 0. The molecular formula is C50H34N2. The van der Waals surface area contributed by atoms with Gasteiger partial charge in [0.25, 0.3) is 0 Å². The van der Waals surface area contributed by atoms with Crippen LogP contribution >= 0.6 is 0 Å². The Balaban J connectivity index is 0.906. The van der Waals surface area contributed by atoms with Crippen molar-refractivity contribution in [2.45, 2.75) is 0 Å². The average molecular weight is 663 g/mol. The van der Waals surface area contributed by atoms with Crippen molar-refractivity contribution in [2.75, 3.05) is 0 Å². The molecule has 0 aliphatic rings. The Kier molecular flexibility index (Phi) is 7.18. The highest BCUT2D eigenvalue weighted by Gasteiger charge is 2.14. The molecule has 244 valence electrons. The fourth-order valence-electron chi connectivity index (χ4n) is 7.78. The van der Waals surface area contributed by atoms with Crippen molar-refractivity contribution in [1.29, 1.82) is 0 Å². The van der Waals surface area contributed by atoms with Crippen LogP contribution in [0.5, 0.6) is 0 Å². The van der Waals surface area contributed by atoms with Crippen LogP contribution in [0.25, 0.3) is 89.4 Å². The largest absolute Gasteiger partial charge is 0.309 e. The van der Waals surface area contributed by atoms with Crippen LogP contribution in [0, 0.1) is 0 Å². The third-order valence-electron chi connectivity index (χ3n) is 10.3. The molecule has 2 heterocycles. The van der Waals surface area contributed by atoms with E-state index in [1.165, 1.54) is 88.4 Å². The standard InChI is InChI=1S/C50H34N2/c1-3-11-41(12-4-1)51-47-17-9-7-15-43(47)45-33-39(29-31-49(45)51)37-25-21-35(22-26-37)19-20-36-23-27-38(28-24-36)40-30-32-50-46(34-40)44-16-8-10-18-48(44)52(50)42-13-5-2-6-14-42/h1-34H. The summed E-state index contributed by atoms with van der Waals surface area (Å²) >= 11 is 0. The average Bonchev–Trinajstić information content (AvgIpc) is 3.73. The number of hydrogen-bond donors (Lipinski definition) is 0. The Hall–Kier alpha value is -6.90. The zero-order valence-corrected chi connectivity index (χ0v) is 28.5. The van der Waals surface area contributed by atoms with Gasteiger partial charge in [0.15, 0.2) is 0 Å². The van der Waals surface area contributed by atoms with Crippen LogP contribution in [0.4, 0.5) is 0 Å². The Bertz CT molecular complexity index is 2710. The van der Waals surface area contributed by atoms with Gasteiger partial charge in [0.1, 0.15) is 0 Å². The molecule has 0 radical (unpaired) electrons. The van der Waals surface area contributed by atoms with Gasteiger partial charge < -0.3 is 9.13 Å². The van der Waals surface area contributed by atoms with Crippen molar-refractivity contribution in [3.63, 3.8) is 0 Å². The number of benzene rings is 8. The van der Waals surface area contributed by atoms with Crippen LogP contribution in [0.15, 0.2) is 194 Å². The van der Waals surface area contributed by atoms with Crippen molar-refractivity contribution in [1.82, 2.24) is 9.13 Å². The van der Waals surface area contributed by atoms with Crippen LogP contribution < -0.4 is 0 Å². The minimum atomic E-state index is 1.18. The second kappa shape index (κ2) is 12.5. The first-order valence-electron chi connectivity index (χ1n) is 17.8. The van der Waals surface area contributed by atoms with E-state index in [-0.39, 0.29) is 0 Å². The number of aromatic nitrogens is 2. The quantitative estimate of drug-likeness (QED) is 0.157. The van der Waals surface area contributed by atoms with E-state index in [1.54, 1.807) is 0 Å². The Morgan fingerprint density at radius 1 is 0.269 bits per heavy atom. The van der Waals surface area contributed by atoms with Crippen LogP contribution in [0.2, 0.25) is 0 Å². The molecule has 2 heteroatoms. The first-order chi connectivity index (χ1) is 25.8. The van der Waals surface area contributed by atoms with E-state index in [4.69, 9.17) is 0 Å². The van der Waals surface area contributed by atoms with Crippen molar-refractivity contribution >= 4 is 55.8 Å². The van der Waals surface area contributed by atoms with Gasteiger partial charge in [0, 0.05) is 32.9 Å². The van der Waals surface area contributed by atoms with Crippen molar-refractivity contribution < 1.29 is 0 Å². The normalized spacial score (nSPS) is 11.8. The second-order valence-corrected chi connectivity index (χ2v) is 13.4. The number of rotatable bonds is 6. The van der Waals surface area contributed by atoms with E-state index in [9.17, 15) is 0 Å². The maximum Gasteiger partial charge on any atom is 0.0541 e. The van der Waals surface area contributed by atoms with Crippen LogP contribution in [0.3, 0.4) is 0 Å². The highest BCUT2D eigenvalue weighted by Crippen LogP contribution is 2.36. The molecule has 0 aliphatic heterocycles. The Labute approximate surface area is 302 Å². The molecule has 0 atom stereocenters. The summed E-state index contributed by atoms with van der Waals surface area (Å²) in [6.45, 7) is 0. The van der Waals surface area contributed by atoms with Crippen LogP contribution in [0.1, 0.15) is 11.1 Å². The number of para-hydroxylation sites is 4. The summed E-state index contributed by atoms with van der Waals surface area (Å²) in [5.41, 5.74) is 14.5. The van der Waals surface area contributed by atoms with E-state index >= 15 is 0 Å². The third-order valence-corrected chi connectivity index (χ3v) is 10.3. The van der Waals surface area contributed by atoms with Gasteiger partial charge >= 0.3 is 0 Å². The molecule has 0 spiro atoms. The fourth-order valence-corrected chi connectivity index (χ4v) is 7.78. The molecule has 2 aromatic heterocycles. The highest BCUT2D eigenvalue weighted by atomic mass is 15.0. The summed E-state index contributed by atoms with van der Waals surface area (Å²) in [4.78, 5) is 0. The van der Waals surface area contributed by atoms with E-state index in [2.05, 4.69) is 215 Å². The number of nitrogens with zero attached hydrogens (tertiary/aromatic N) is 2. The molecule has 0 unspecified atom stereocenters.